The second-order valence-electron chi connectivity index (χ2n) is 6.31. The van der Waals surface area contributed by atoms with E-state index in [1.807, 2.05) is 0 Å². The van der Waals surface area contributed by atoms with Crippen LogP contribution in [0.4, 0.5) is 5.69 Å². The monoisotopic (exact) mass is 401 g/mol. The van der Waals surface area contributed by atoms with Gasteiger partial charge in [-0.05, 0) is 30.2 Å². The van der Waals surface area contributed by atoms with E-state index >= 15 is 0 Å². The van der Waals surface area contributed by atoms with Crippen LogP contribution in [-0.2, 0) is 19.6 Å². The van der Waals surface area contributed by atoms with Crippen molar-refractivity contribution >= 4 is 33.1 Å². The maximum Gasteiger partial charge on any atom is 0.339 e. The zero-order valence-electron chi connectivity index (χ0n) is 14.8. The van der Waals surface area contributed by atoms with Gasteiger partial charge in [-0.2, -0.15) is 5.10 Å². The van der Waals surface area contributed by atoms with Gasteiger partial charge in [0.25, 0.3) is 0 Å². The molecule has 0 bridgehead atoms. The molecule has 0 spiro atoms. The van der Waals surface area contributed by atoms with Gasteiger partial charge in [-0.15, -0.1) is 0 Å². The lowest BCUT2D eigenvalue weighted by atomic mass is 9.95. The molecule has 1 aliphatic rings. The molecule has 11 heteroatoms. The summed E-state index contributed by atoms with van der Waals surface area (Å²) in [7, 11) is -2.63. The van der Waals surface area contributed by atoms with Gasteiger partial charge in [0.15, 0.2) is 0 Å². The molecule has 4 rings (SSSR count). The Balaban J connectivity index is 1.92. The van der Waals surface area contributed by atoms with E-state index in [-0.39, 0.29) is 10.8 Å². The number of primary sulfonamides is 1. The number of carbonyl (C=O) groups is 2. The highest BCUT2D eigenvalue weighted by Gasteiger charge is 2.36. The largest absolute Gasteiger partial charge is 0.465 e. The van der Waals surface area contributed by atoms with Gasteiger partial charge in [0.05, 0.1) is 28.8 Å². The molecule has 0 saturated heterocycles. The normalized spacial score (nSPS) is 16.1. The first-order chi connectivity index (χ1) is 13.2. The van der Waals surface area contributed by atoms with Crippen LogP contribution in [0.15, 0.2) is 35.6 Å². The SMILES string of the molecule is COC(=O)c1cn2ncnc(C3C(=O)Nc4cc(S(N)(=O)=O)ccc43)c2c1C. The van der Waals surface area contributed by atoms with Gasteiger partial charge in [0.2, 0.25) is 15.9 Å². The van der Waals surface area contributed by atoms with Crippen LogP contribution < -0.4 is 10.5 Å². The number of sulfonamides is 1. The standard InChI is InChI=1S/C17H15N5O5S/c1-8-11(17(24)27-2)6-22-15(8)14(19-7-20-22)13-10-4-3-9(28(18,25)26)5-12(10)21-16(13)23/h3-7,13H,1-2H3,(H,21,23)(H2,18,25,26). The molecule has 10 nitrogen and oxygen atoms in total. The molecule has 1 unspecified atom stereocenters. The minimum atomic E-state index is -3.91. The number of anilines is 1. The van der Waals surface area contributed by atoms with Crippen LogP contribution in [0.25, 0.3) is 5.52 Å². The summed E-state index contributed by atoms with van der Waals surface area (Å²) in [6, 6.07) is 4.17. The second kappa shape index (κ2) is 6.11. The number of carbonyl (C=O) groups excluding carboxylic acids is 2. The second-order valence-corrected chi connectivity index (χ2v) is 7.88. The molecule has 0 saturated carbocycles. The van der Waals surface area contributed by atoms with Crippen molar-refractivity contribution in [2.75, 3.05) is 12.4 Å². The van der Waals surface area contributed by atoms with Crippen molar-refractivity contribution in [3.63, 3.8) is 0 Å². The third-order valence-corrected chi connectivity index (χ3v) is 5.63. The number of esters is 1. The molecule has 1 aromatic carbocycles. The van der Waals surface area contributed by atoms with Crippen molar-refractivity contribution in [1.82, 2.24) is 14.6 Å². The van der Waals surface area contributed by atoms with Crippen molar-refractivity contribution in [3.05, 3.63) is 53.1 Å². The Morgan fingerprint density at radius 2 is 2.11 bits per heavy atom. The summed E-state index contributed by atoms with van der Waals surface area (Å²) in [5.41, 5.74) is 2.68. The first-order valence-electron chi connectivity index (χ1n) is 8.11. The Kier molecular flexibility index (Phi) is 3.94. The number of hydrogen-bond donors (Lipinski definition) is 2. The van der Waals surface area contributed by atoms with Gasteiger partial charge in [0.1, 0.15) is 12.2 Å². The fraction of sp³-hybridized carbons (Fsp3) is 0.176. The third kappa shape index (κ3) is 2.63. The molecular weight excluding hydrogens is 386 g/mol. The highest BCUT2D eigenvalue weighted by Crippen LogP contribution is 2.39. The van der Waals surface area contributed by atoms with Gasteiger partial charge in [-0.1, -0.05) is 6.07 Å². The van der Waals surface area contributed by atoms with Crippen LogP contribution in [0.2, 0.25) is 0 Å². The van der Waals surface area contributed by atoms with Crippen molar-refractivity contribution in [1.29, 1.82) is 0 Å². The fourth-order valence-electron chi connectivity index (χ4n) is 3.41. The fourth-order valence-corrected chi connectivity index (χ4v) is 3.95. The van der Waals surface area contributed by atoms with E-state index in [9.17, 15) is 18.0 Å². The Hall–Kier alpha value is -3.31. The number of nitrogens with two attached hydrogens (primary N) is 1. The first kappa shape index (κ1) is 18.1. The van der Waals surface area contributed by atoms with Crippen molar-refractivity contribution in [3.8, 4) is 0 Å². The average molecular weight is 401 g/mol. The van der Waals surface area contributed by atoms with Crippen LogP contribution in [0.5, 0.6) is 0 Å². The van der Waals surface area contributed by atoms with Crippen LogP contribution in [-0.4, -0.2) is 42.0 Å². The van der Waals surface area contributed by atoms with E-state index in [1.165, 1.54) is 42.3 Å². The molecule has 28 heavy (non-hydrogen) atoms. The topological polar surface area (TPSA) is 146 Å². The number of methoxy groups -OCH3 is 1. The van der Waals surface area contributed by atoms with E-state index in [4.69, 9.17) is 9.88 Å². The number of nitrogens with zero attached hydrogens (tertiary/aromatic N) is 3. The number of hydrogen-bond acceptors (Lipinski definition) is 7. The van der Waals surface area contributed by atoms with Crippen molar-refractivity contribution in [2.24, 2.45) is 5.14 Å². The van der Waals surface area contributed by atoms with Crippen molar-refractivity contribution < 1.29 is 22.7 Å². The third-order valence-electron chi connectivity index (χ3n) is 4.72. The Bertz CT molecular complexity index is 1260. The maximum atomic E-state index is 12.7. The number of ether oxygens (including phenoxy) is 1. The molecule has 1 atom stereocenters. The molecule has 144 valence electrons. The van der Waals surface area contributed by atoms with Gasteiger partial charge in [0, 0.05) is 11.9 Å². The molecule has 3 heterocycles. The summed E-state index contributed by atoms with van der Waals surface area (Å²) in [5, 5.41) is 11.9. The van der Waals surface area contributed by atoms with E-state index < -0.39 is 21.9 Å². The van der Waals surface area contributed by atoms with Crippen LogP contribution in [0.3, 0.4) is 0 Å². The Morgan fingerprint density at radius 1 is 1.36 bits per heavy atom. The number of fused-ring (bicyclic) bond motifs is 2. The van der Waals surface area contributed by atoms with E-state index in [0.717, 1.165) is 0 Å². The number of benzene rings is 1. The summed E-state index contributed by atoms with van der Waals surface area (Å²) in [5.74, 6) is -1.69. The van der Waals surface area contributed by atoms with Crippen LogP contribution >= 0.6 is 0 Å². The van der Waals surface area contributed by atoms with Gasteiger partial charge < -0.3 is 10.1 Å². The van der Waals surface area contributed by atoms with Gasteiger partial charge >= 0.3 is 5.97 Å². The first-order valence-corrected chi connectivity index (χ1v) is 9.65. The molecule has 1 aliphatic heterocycles. The summed E-state index contributed by atoms with van der Waals surface area (Å²) in [6.07, 6.45) is 2.80. The highest BCUT2D eigenvalue weighted by atomic mass is 32.2. The highest BCUT2D eigenvalue weighted by molar-refractivity contribution is 7.89. The predicted octanol–water partition coefficient (Wildman–Crippen LogP) is 0.556. The zero-order valence-corrected chi connectivity index (χ0v) is 15.6. The number of rotatable bonds is 3. The quantitative estimate of drug-likeness (QED) is 0.610. The Morgan fingerprint density at radius 3 is 2.79 bits per heavy atom. The summed E-state index contributed by atoms with van der Waals surface area (Å²) in [4.78, 5) is 28.9. The predicted molar refractivity (Wildman–Crippen MR) is 97.4 cm³/mol. The molecule has 0 aliphatic carbocycles. The van der Waals surface area contributed by atoms with E-state index in [0.29, 0.717) is 33.6 Å². The molecular formula is C17H15N5O5S. The molecule has 3 aromatic rings. The summed E-state index contributed by atoms with van der Waals surface area (Å²) < 4.78 is 29.4. The average Bonchev–Trinajstić information content (AvgIpc) is 3.16. The molecule has 1 amide bonds. The van der Waals surface area contributed by atoms with Crippen molar-refractivity contribution in [2.45, 2.75) is 17.7 Å². The smallest absolute Gasteiger partial charge is 0.339 e. The van der Waals surface area contributed by atoms with Crippen LogP contribution in [0, 0.1) is 6.92 Å². The zero-order chi connectivity index (χ0) is 20.2. The van der Waals surface area contributed by atoms with Crippen LogP contribution in [0.1, 0.15) is 33.1 Å². The molecule has 3 N–H and O–H groups in total. The number of aromatic nitrogens is 3. The number of amides is 1. The molecule has 2 aromatic heterocycles. The Labute approximate surface area is 159 Å². The molecule has 0 radical (unpaired) electrons. The maximum absolute atomic E-state index is 12.7. The minimum absolute atomic E-state index is 0.105. The van der Waals surface area contributed by atoms with Gasteiger partial charge in [-0.3, -0.25) is 4.79 Å². The summed E-state index contributed by atoms with van der Waals surface area (Å²) in [6.45, 7) is 1.71. The lowest BCUT2D eigenvalue weighted by molar-refractivity contribution is -0.116. The lowest BCUT2D eigenvalue weighted by Crippen LogP contribution is -2.16. The van der Waals surface area contributed by atoms with E-state index in [2.05, 4.69) is 15.4 Å². The lowest BCUT2D eigenvalue weighted by Gasteiger charge is -2.11. The number of nitrogens with one attached hydrogen (secondary N) is 1. The summed E-state index contributed by atoms with van der Waals surface area (Å²) >= 11 is 0. The van der Waals surface area contributed by atoms with Gasteiger partial charge in [-0.25, -0.2) is 27.9 Å². The van der Waals surface area contributed by atoms with E-state index in [1.54, 1.807) is 6.92 Å². The number of aryl methyl sites for hydroxylation is 1. The molecule has 0 fully saturated rings. The minimum Gasteiger partial charge on any atom is -0.465 e.